The molecule has 0 radical (unpaired) electrons. The lowest BCUT2D eigenvalue weighted by Gasteiger charge is -2.31. The second kappa shape index (κ2) is 6.95. The first-order valence-electron chi connectivity index (χ1n) is 8.68. The monoisotopic (exact) mass is 335 g/mol. The van der Waals surface area contributed by atoms with Crippen molar-refractivity contribution in [2.75, 3.05) is 20.6 Å². The summed E-state index contributed by atoms with van der Waals surface area (Å²) in [6, 6.07) is 15.8. The number of aliphatic hydroxyl groups is 1. The molecule has 1 aliphatic carbocycles. The van der Waals surface area contributed by atoms with Gasteiger partial charge < -0.3 is 10.0 Å². The molecule has 0 aliphatic heterocycles. The van der Waals surface area contributed by atoms with Gasteiger partial charge in [0.05, 0.1) is 0 Å². The first-order valence-corrected chi connectivity index (χ1v) is 8.68. The Labute approximate surface area is 149 Å². The van der Waals surface area contributed by atoms with E-state index in [1.807, 2.05) is 75.6 Å². The minimum atomic E-state index is -1.07. The Morgan fingerprint density at radius 1 is 1.08 bits per heavy atom. The Bertz CT molecular complexity index is 808. The predicted molar refractivity (Wildman–Crippen MR) is 101 cm³/mol. The summed E-state index contributed by atoms with van der Waals surface area (Å²) in [6.45, 7) is 2.62. The quantitative estimate of drug-likeness (QED) is 0.910. The topological polar surface area (TPSA) is 40.5 Å². The molecular formula is C22H25NO2. The summed E-state index contributed by atoms with van der Waals surface area (Å²) in [5, 5.41) is 11.6. The number of allylic oxidation sites excluding steroid dienone is 1. The molecule has 3 rings (SSSR count). The van der Waals surface area contributed by atoms with Crippen molar-refractivity contribution in [1.82, 2.24) is 4.90 Å². The van der Waals surface area contributed by atoms with E-state index in [4.69, 9.17) is 0 Å². The third-order valence-electron chi connectivity index (χ3n) is 4.96. The van der Waals surface area contributed by atoms with Gasteiger partial charge in [0.2, 0.25) is 0 Å². The molecule has 1 unspecified atom stereocenters. The maximum Gasteiger partial charge on any atom is 0.162 e. The van der Waals surface area contributed by atoms with E-state index >= 15 is 0 Å². The number of Topliss-reactive ketones (excluding diaryl/α,β-unsaturated/α-hetero) is 1. The minimum absolute atomic E-state index is 0.154. The zero-order valence-corrected chi connectivity index (χ0v) is 15.1. The molecule has 0 saturated carbocycles. The fraction of sp³-hybridized carbons (Fsp3) is 0.318. The second-order valence-corrected chi connectivity index (χ2v) is 7.12. The maximum absolute atomic E-state index is 12.1. The summed E-state index contributed by atoms with van der Waals surface area (Å²) in [5.41, 5.74) is 3.52. The van der Waals surface area contributed by atoms with Crippen LogP contribution >= 0.6 is 0 Å². The van der Waals surface area contributed by atoms with Crippen molar-refractivity contribution in [3.05, 3.63) is 76.4 Å². The first kappa shape index (κ1) is 17.6. The molecule has 3 heteroatoms. The fourth-order valence-electron chi connectivity index (χ4n) is 3.34. The van der Waals surface area contributed by atoms with Gasteiger partial charge >= 0.3 is 0 Å². The summed E-state index contributed by atoms with van der Waals surface area (Å²) < 4.78 is 0. The number of hydrogen-bond acceptors (Lipinski definition) is 3. The highest BCUT2D eigenvalue weighted by Gasteiger charge is 2.32. The molecule has 3 nitrogen and oxygen atoms in total. The van der Waals surface area contributed by atoms with Crippen LogP contribution in [0.2, 0.25) is 0 Å². The first-order chi connectivity index (χ1) is 11.9. The number of hydrogen-bond donors (Lipinski definition) is 1. The molecule has 0 bridgehead atoms. The summed E-state index contributed by atoms with van der Waals surface area (Å²) in [5.74, 6) is 0.154. The van der Waals surface area contributed by atoms with Gasteiger partial charge in [0.1, 0.15) is 5.60 Å². The van der Waals surface area contributed by atoms with Gasteiger partial charge in [-0.1, -0.05) is 48.5 Å². The minimum Gasteiger partial charge on any atom is -0.380 e. The van der Waals surface area contributed by atoms with E-state index in [2.05, 4.69) is 4.90 Å². The Hall–Kier alpha value is -2.23. The number of ketones is 1. The van der Waals surface area contributed by atoms with Gasteiger partial charge in [0.25, 0.3) is 0 Å². The number of carbonyl (C=O) groups excluding carboxylic acids is 1. The molecule has 1 atom stereocenters. The zero-order valence-electron chi connectivity index (χ0n) is 15.1. The summed E-state index contributed by atoms with van der Waals surface area (Å²) in [6.07, 6.45) is 2.93. The number of rotatable bonds is 5. The van der Waals surface area contributed by atoms with Crippen molar-refractivity contribution in [3.63, 3.8) is 0 Å². The maximum atomic E-state index is 12.1. The Morgan fingerprint density at radius 3 is 2.48 bits per heavy atom. The average molecular weight is 335 g/mol. The fourth-order valence-corrected chi connectivity index (χ4v) is 3.34. The van der Waals surface area contributed by atoms with Crippen LogP contribution in [0, 0.1) is 0 Å². The molecule has 0 fully saturated rings. The van der Waals surface area contributed by atoms with Gasteiger partial charge in [-0.3, -0.25) is 4.79 Å². The van der Waals surface area contributed by atoms with Crippen LogP contribution in [0.15, 0.2) is 54.1 Å². The lowest BCUT2D eigenvalue weighted by molar-refractivity contribution is -0.114. The van der Waals surface area contributed by atoms with Crippen LogP contribution in [0.1, 0.15) is 35.6 Å². The second-order valence-electron chi connectivity index (χ2n) is 7.12. The van der Waals surface area contributed by atoms with Crippen LogP contribution in [-0.2, 0) is 16.8 Å². The van der Waals surface area contributed by atoms with Crippen LogP contribution in [0.3, 0.4) is 0 Å². The van der Waals surface area contributed by atoms with Crippen molar-refractivity contribution < 1.29 is 9.90 Å². The van der Waals surface area contributed by atoms with Crippen molar-refractivity contribution in [1.29, 1.82) is 0 Å². The van der Waals surface area contributed by atoms with E-state index < -0.39 is 5.60 Å². The van der Waals surface area contributed by atoms with E-state index in [-0.39, 0.29) is 5.78 Å². The molecule has 25 heavy (non-hydrogen) atoms. The lowest BCUT2D eigenvalue weighted by atomic mass is 9.80. The molecule has 0 saturated heterocycles. The normalized spacial score (nSPS) is 16.4. The number of carbonyl (C=O) groups is 1. The van der Waals surface area contributed by atoms with E-state index in [9.17, 15) is 9.90 Å². The molecule has 0 heterocycles. The van der Waals surface area contributed by atoms with Crippen LogP contribution in [0.4, 0.5) is 0 Å². The predicted octanol–water partition coefficient (Wildman–Crippen LogP) is 3.40. The SMILES string of the molecule is CC1=Cc2ccc(C(O)(CCN(C)C)c3ccccc3)cc2CC1=O. The largest absolute Gasteiger partial charge is 0.380 e. The van der Waals surface area contributed by atoms with E-state index in [1.54, 1.807) is 0 Å². The highest BCUT2D eigenvalue weighted by Crippen LogP contribution is 2.35. The molecule has 1 aliphatic rings. The van der Waals surface area contributed by atoms with E-state index in [0.29, 0.717) is 12.8 Å². The smallest absolute Gasteiger partial charge is 0.162 e. The number of fused-ring (bicyclic) bond motifs is 1. The van der Waals surface area contributed by atoms with Gasteiger partial charge in [0, 0.05) is 13.0 Å². The summed E-state index contributed by atoms with van der Waals surface area (Å²) in [4.78, 5) is 14.1. The summed E-state index contributed by atoms with van der Waals surface area (Å²) in [7, 11) is 4.01. The third kappa shape index (κ3) is 3.58. The van der Waals surface area contributed by atoms with Gasteiger partial charge in [-0.15, -0.1) is 0 Å². The average Bonchev–Trinajstić information content (AvgIpc) is 2.61. The Balaban J connectivity index is 2.05. The lowest BCUT2D eigenvalue weighted by Crippen LogP contribution is -2.32. The Kier molecular flexibility index (Phi) is 4.89. The van der Waals surface area contributed by atoms with E-state index in [0.717, 1.165) is 34.4 Å². The summed E-state index contributed by atoms with van der Waals surface area (Å²) >= 11 is 0. The van der Waals surface area contributed by atoms with E-state index in [1.165, 1.54) is 0 Å². The highest BCUT2D eigenvalue weighted by atomic mass is 16.3. The number of benzene rings is 2. The zero-order chi connectivity index (χ0) is 18.0. The third-order valence-corrected chi connectivity index (χ3v) is 4.96. The standard InChI is InChI=1S/C22H25NO2/c1-16-13-17-9-10-20(14-18(17)15-21(16)24)22(25,11-12-23(2)3)19-7-5-4-6-8-19/h4-10,13-14,25H,11-12,15H2,1-3H3. The van der Waals surface area contributed by atoms with Gasteiger partial charge in [-0.25, -0.2) is 0 Å². The molecular weight excluding hydrogens is 310 g/mol. The van der Waals surface area contributed by atoms with Crippen molar-refractivity contribution in [2.45, 2.75) is 25.4 Å². The molecule has 130 valence electrons. The molecule has 1 N–H and O–H groups in total. The van der Waals surface area contributed by atoms with Crippen LogP contribution in [-0.4, -0.2) is 36.4 Å². The van der Waals surface area contributed by atoms with Crippen LogP contribution < -0.4 is 0 Å². The van der Waals surface area contributed by atoms with Crippen LogP contribution in [0.5, 0.6) is 0 Å². The van der Waals surface area contributed by atoms with Gasteiger partial charge in [0.15, 0.2) is 5.78 Å². The van der Waals surface area contributed by atoms with Gasteiger partial charge in [-0.05, 0) is 61.3 Å². The molecule has 0 aromatic heterocycles. The van der Waals surface area contributed by atoms with Crippen LogP contribution in [0.25, 0.3) is 6.08 Å². The molecule has 0 spiro atoms. The van der Waals surface area contributed by atoms with Gasteiger partial charge in [-0.2, -0.15) is 0 Å². The molecule has 0 amide bonds. The Morgan fingerprint density at radius 2 is 1.80 bits per heavy atom. The number of nitrogens with zero attached hydrogens (tertiary/aromatic N) is 1. The van der Waals surface area contributed by atoms with Crippen molar-refractivity contribution in [2.24, 2.45) is 0 Å². The highest BCUT2D eigenvalue weighted by molar-refractivity contribution is 6.03. The molecule has 2 aromatic carbocycles. The van der Waals surface area contributed by atoms with Crippen molar-refractivity contribution >= 4 is 11.9 Å². The molecule has 2 aromatic rings. The van der Waals surface area contributed by atoms with Crippen molar-refractivity contribution in [3.8, 4) is 0 Å².